The molecule has 1 aromatic rings. The van der Waals surface area contributed by atoms with E-state index in [1.54, 1.807) is 0 Å². The van der Waals surface area contributed by atoms with Crippen molar-refractivity contribution >= 4 is 0 Å². The Balaban J connectivity index is 2.00. The first-order chi connectivity index (χ1) is 7.65. The number of likely N-dealkylation sites (tertiary alicyclic amines) is 1. The molecule has 2 heteroatoms. The van der Waals surface area contributed by atoms with Crippen molar-refractivity contribution in [2.45, 2.75) is 39.3 Å². The normalized spacial score (nSPS) is 22.3. The number of nitrogens with two attached hydrogens (primary N) is 1. The molecule has 0 amide bonds. The van der Waals surface area contributed by atoms with E-state index in [-0.39, 0.29) is 0 Å². The number of benzene rings is 1. The molecule has 1 atom stereocenters. The van der Waals surface area contributed by atoms with E-state index >= 15 is 0 Å². The van der Waals surface area contributed by atoms with Gasteiger partial charge in [-0.1, -0.05) is 18.2 Å². The maximum atomic E-state index is 5.99. The highest BCUT2D eigenvalue weighted by molar-refractivity contribution is 5.29. The molecule has 0 bridgehead atoms. The average molecular weight is 218 g/mol. The van der Waals surface area contributed by atoms with Crippen molar-refractivity contribution in [2.75, 3.05) is 13.1 Å². The number of aryl methyl sites for hydroxylation is 2. The van der Waals surface area contributed by atoms with E-state index in [4.69, 9.17) is 5.73 Å². The summed E-state index contributed by atoms with van der Waals surface area (Å²) >= 11 is 0. The zero-order chi connectivity index (χ0) is 11.5. The summed E-state index contributed by atoms with van der Waals surface area (Å²) in [4.78, 5) is 2.47. The SMILES string of the molecule is Cc1ccc(CN2CCC[C@H](N)C2)cc1C. The van der Waals surface area contributed by atoms with E-state index < -0.39 is 0 Å². The van der Waals surface area contributed by atoms with Crippen LogP contribution in [-0.2, 0) is 6.54 Å². The highest BCUT2D eigenvalue weighted by atomic mass is 15.1. The van der Waals surface area contributed by atoms with E-state index in [0.29, 0.717) is 6.04 Å². The van der Waals surface area contributed by atoms with Gasteiger partial charge in [-0.3, -0.25) is 4.90 Å². The molecule has 0 spiro atoms. The van der Waals surface area contributed by atoms with Gasteiger partial charge in [-0.25, -0.2) is 0 Å². The van der Waals surface area contributed by atoms with Crippen LogP contribution in [0.1, 0.15) is 29.5 Å². The standard InChI is InChI=1S/C14H22N2/c1-11-5-6-13(8-12(11)2)9-16-7-3-4-14(15)10-16/h5-6,8,14H,3-4,7,9-10,15H2,1-2H3/t14-/m0/s1. The van der Waals surface area contributed by atoms with Crippen molar-refractivity contribution in [1.82, 2.24) is 4.90 Å². The number of piperidine rings is 1. The van der Waals surface area contributed by atoms with Crippen LogP contribution >= 0.6 is 0 Å². The molecule has 1 aliphatic rings. The molecule has 2 nitrogen and oxygen atoms in total. The van der Waals surface area contributed by atoms with Gasteiger partial charge in [-0.05, 0) is 49.9 Å². The first-order valence-corrected chi connectivity index (χ1v) is 6.19. The lowest BCUT2D eigenvalue weighted by atomic mass is 10.0. The van der Waals surface area contributed by atoms with E-state index in [1.807, 2.05) is 0 Å². The van der Waals surface area contributed by atoms with E-state index in [0.717, 1.165) is 13.1 Å². The fourth-order valence-electron chi connectivity index (χ4n) is 2.39. The van der Waals surface area contributed by atoms with Crippen LogP contribution in [0.5, 0.6) is 0 Å². The monoisotopic (exact) mass is 218 g/mol. The third-order valence-electron chi connectivity index (χ3n) is 3.52. The second-order valence-corrected chi connectivity index (χ2v) is 5.06. The molecular formula is C14H22N2. The molecule has 0 aromatic heterocycles. The summed E-state index contributed by atoms with van der Waals surface area (Å²) in [6.07, 6.45) is 2.43. The summed E-state index contributed by atoms with van der Waals surface area (Å²) in [5.41, 5.74) is 10.2. The predicted molar refractivity (Wildman–Crippen MR) is 68.4 cm³/mol. The van der Waals surface area contributed by atoms with E-state index in [2.05, 4.69) is 36.9 Å². The van der Waals surface area contributed by atoms with Crippen LogP contribution in [0.15, 0.2) is 18.2 Å². The lowest BCUT2D eigenvalue weighted by Crippen LogP contribution is -2.42. The van der Waals surface area contributed by atoms with E-state index in [1.165, 1.54) is 36.1 Å². The summed E-state index contributed by atoms with van der Waals surface area (Å²) in [6, 6.07) is 7.13. The van der Waals surface area contributed by atoms with Gasteiger partial charge in [-0.2, -0.15) is 0 Å². The highest BCUT2D eigenvalue weighted by Gasteiger charge is 2.16. The fraction of sp³-hybridized carbons (Fsp3) is 0.571. The van der Waals surface area contributed by atoms with Gasteiger partial charge in [0.2, 0.25) is 0 Å². The smallest absolute Gasteiger partial charge is 0.0234 e. The van der Waals surface area contributed by atoms with E-state index in [9.17, 15) is 0 Å². The second-order valence-electron chi connectivity index (χ2n) is 5.06. The minimum atomic E-state index is 0.375. The van der Waals surface area contributed by atoms with Gasteiger partial charge in [0, 0.05) is 19.1 Å². The number of hydrogen-bond acceptors (Lipinski definition) is 2. The Hall–Kier alpha value is -0.860. The van der Waals surface area contributed by atoms with Gasteiger partial charge in [-0.15, -0.1) is 0 Å². The first kappa shape index (κ1) is 11.6. The molecule has 0 aliphatic carbocycles. The van der Waals surface area contributed by atoms with Crippen molar-refractivity contribution in [3.63, 3.8) is 0 Å². The van der Waals surface area contributed by atoms with Gasteiger partial charge in [0.15, 0.2) is 0 Å². The van der Waals surface area contributed by atoms with Crippen molar-refractivity contribution in [3.8, 4) is 0 Å². The zero-order valence-corrected chi connectivity index (χ0v) is 10.4. The Morgan fingerprint density at radius 3 is 2.81 bits per heavy atom. The molecular weight excluding hydrogens is 196 g/mol. The lowest BCUT2D eigenvalue weighted by Gasteiger charge is -2.30. The number of nitrogens with zero attached hydrogens (tertiary/aromatic N) is 1. The van der Waals surface area contributed by atoms with Gasteiger partial charge in [0.25, 0.3) is 0 Å². The largest absolute Gasteiger partial charge is 0.327 e. The van der Waals surface area contributed by atoms with Crippen LogP contribution in [0, 0.1) is 13.8 Å². The number of hydrogen-bond donors (Lipinski definition) is 1. The minimum Gasteiger partial charge on any atom is -0.327 e. The Morgan fingerprint density at radius 1 is 1.31 bits per heavy atom. The molecule has 0 saturated carbocycles. The first-order valence-electron chi connectivity index (χ1n) is 6.19. The summed E-state index contributed by atoms with van der Waals surface area (Å²) < 4.78 is 0. The van der Waals surface area contributed by atoms with Crippen LogP contribution in [0.4, 0.5) is 0 Å². The minimum absolute atomic E-state index is 0.375. The summed E-state index contributed by atoms with van der Waals surface area (Å²) in [5.74, 6) is 0. The Bertz CT molecular complexity index is 360. The molecule has 88 valence electrons. The molecule has 0 radical (unpaired) electrons. The molecule has 1 heterocycles. The summed E-state index contributed by atoms with van der Waals surface area (Å²) in [6.45, 7) is 7.64. The molecule has 1 aliphatic heterocycles. The fourth-order valence-corrected chi connectivity index (χ4v) is 2.39. The van der Waals surface area contributed by atoms with Crippen molar-refractivity contribution < 1.29 is 0 Å². The Labute approximate surface area is 98.4 Å². The number of rotatable bonds is 2. The summed E-state index contributed by atoms with van der Waals surface area (Å²) in [7, 11) is 0. The third kappa shape index (κ3) is 2.83. The summed E-state index contributed by atoms with van der Waals surface area (Å²) in [5, 5.41) is 0. The molecule has 2 rings (SSSR count). The Morgan fingerprint density at radius 2 is 2.12 bits per heavy atom. The molecule has 16 heavy (non-hydrogen) atoms. The van der Waals surface area contributed by atoms with Crippen LogP contribution < -0.4 is 5.73 Å². The quantitative estimate of drug-likeness (QED) is 0.825. The molecule has 2 N–H and O–H groups in total. The van der Waals surface area contributed by atoms with Crippen molar-refractivity contribution in [3.05, 3.63) is 34.9 Å². The van der Waals surface area contributed by atoms with Crippen LogP contribution in [0.3, 0.4) is 0 Å². The third-order valence-corrected chi connectivity index (χ3v) is 3.52. The van der Waals surface area contributed by atoms with Gasteiger partial charge in [0.05, 0.1) is 0 Å². The zero-order valence-electron chi connectivity index (χ0n) is 10.4. The topological polar surface area (TPSA) is 29.3 Å². The van der Waals surface area contributed by atoms with Crippen molar-refractivity contribution in [2.24, 2.45) is 5.73 Å². The Kier molecular flexibility index (Phi) is 3.62. The predicted octanol–water partition coefficient (Wildman–Crippen LogP) is 2.23. The average Bonchev–Trinajstić information content (AvgIpc) is 2.24. The van der Waals surface area contributed by atoms with Crippen LogP contribution in [0.2, 0.25) is 0 Å². The van der Waals surface area contributed by atoms with Gasteiger partial charge < -0.3 is 5.73 Å². The van der Waals surface area contributed by atoms with Crippen LogP contribution in [-0.4, -0.2) is 24.0 Å². The van der Waals surface area contributed by atoms with Gasteiger partial charge in [0.1, 0.15) is 0 Å². The maximum absolute atomic E-state index is 5.99. The highest BCUT2D eigenvalue weighted by Crippen LogP contribution is 2.15. The molecule has 1 saturated heterocycles. The second kappa shape index (κ2) is 4.98. The molecule has 1 aromatic carbocycles. The van der Waals surface area contributed by atoms with Gasteiger partial charge >= 0.3 is 0 Å². The lowest BCUT2D eigenvalue weighted by molar-refractivity contribution is 0.201. The van der Waals surface area contributed by atoms with Crippen LogP contribution in [0.25, 0.3) is 0 Å². The maximum Gasteiger partial charge on any atom is 0.0234 e. The molecule has 1 fully saturated rings. The van der Waals surface area contributed by atoms with Crippen molar-refractivity contribution in [1.29, 1.82) is 0 Å². The molecule has 0 unspecified atom stereocenters.